The maximum Gasteiger partial charge on any atom is 0.408 e. The second-order valence-corrected chi connectivity index (χ2v) is 12.5. The van der Waals surface area contributed by atoms with E-state index in [2.05, 4.69) is 27.3 Å². The Bertz CT molecular complexity index is 1230. The number of aryl methyl sites for hydroxylation is 1. The van der Waals surface area contributed by atoms with E-state index < -0.39 is 35.6 Å². The molecular formula is C31H46N6O6. The number of ether oxygens (including phenoxy) is 2. The molecule has 0 saturated carbocycles. The van der Waals surface area contributed by atoms with Crippen molar-refractivity contribution >= 4 is 23.9 Å². The minimum atomic E-state index is -1.03. The number of aromatic nitrogens is 2. The summed E-state index contributed by atoms with van der Waals surface area (Å²) in [5.41, 5.74) is 5.37. The van der Waals surface area contributed by atoms with E-state index in [1.807, 2.05) is 6.92 Å². The molecule has 2 aliphatic rings. The largest absolute Gasteiger partial charge is 0.494 e. The molecule has 2 unspecified atom stereocenters. The van der Waals surface area contributed by atoms with Gasteiger partial charge in [-0.3, -0.25) is 9.59 Å². The summed E-state index contributed by atoms with van der Waals surface area (Å²) in [6.07, 6.45) is 4.25. The molecule has 2 aromatic rings. The van der Waals surface area contributed by atoms with E-state index in [4.69, 9.17) is 19.7 Å². The molecule has 236 valence electrons. The number of piperidine rings is 1. The van der Waals surface area contributed by atoms with Gasteiger partial charge < -0.3 is 34.8 Å². The molecule has 2 aliphatic heterocycles. The van der Waals surface area contributed by atoms with Crippen LogP contribution in [0.25, 0.3) is 0 Å². The van der Waals surface area contributed by atoms with Gasteiger partial charge in [-0.05, 0) is 82.4 Å². The van der Waals surface area contributed by atoms with Crippen LogP contribution in [0.4, 0.5) is 10.8 Å². The summed E-state index contributed by atoms with van der Waals surface area (Å²) >= 11 is 0. The smallest absolute Gasteiger partial charge is 0.408 e. The van der Waals surface area contributed by atoms with Gasteiger partial charge in [0.25, 0.3) is 5.91 Å². The van der Waals surface area contributed by atoms with Gasteiger partial charge >= 0.3 is 12.1 Å². The first-order chi connectivity index (χ1) is 20.4. The van der Waals surface area contributed by atoms with Crippen LogP contribution in [0.2, 0.25) is 0 Å². The van der Waals surface area contributed by atoms with Crippen molar-refractivity contribution in [2.45, 2.75) is 90.8 Å². The number of nitrogens with zero attached hydrogens (tertiary/aromatic N) is 4. The molecule has 0 bridgehead atoms. The molecular weight excluding hydrogens is 552 g/mol. The Hall–Kier alpha value is -3.83. The Balaban J connectivity index is 1.31. The van der Waals surface area contributed by atoms with E-state index in [1.54, 1.807) is 45.0 Å². The summed E-state index contributed by atoms with van der Waals surface area (Å²) in [6, 6.07) is 5.99. The van der Waals surface area contributed by atoms with Gasteiger partial charge in [-0.2, -0.15) is 4.98 Å². The van der Waals surface area contributed by atoms with E-state index in [-0.39, 0.29) is 0 Å². The zero-order chi connectivity index (χ0) is 31.1. The van der Waals surface area contributed by atoms with Gasteiger partial charge in [0.05, 0.1) is 6.61 Å². The molecule has 3 atom stereocenters. The lowest BCUT2D eigenvalue weighted by atomic mass is 9.84. The Kier molecular flexibility index (Phi) is 10.5. The van der Waals surface area contributed by atoms with Crippen LogP contribution in [-0.4, -0.2) is 70.8 Å². The van der Waals surface area contributed by atoms with E-state index in [9.17, 15) is 14.4 Å². The van der Waals surface area contributed by atoms with Crippen LogP contribution in [0.1, 0.15) is 84.2 Å². The van der Waals surface area contributed by atoms with Crippen molar-refractivity contribution < 1.29 is 28.4 Å². The first-order valence-electron chi connectivity index (χ1n) is 15.3. The lowest BCUT2D eigenvalue weighted by Crippen LogP contribution is -2.49. The molecule has 3 heterocycles. The normalized spacial score (nSPS) is 19.1. The number of rotatable bonds is 11. The van der Waals surface area contributed by atoms with E-state index >= 15 is 0 Å². The average Bonchev–Trinajstić information content (AvgIpc) is 3.66. The van der Waals surface area contributed by atoms with Crippen molar-refractivity contribution in [1.82, 2.24) is 20.4 Å². The van der Waals surface area contributed by atoms with Crippen LogP contribution in [-0.2, 0) is 20.7 Å². The Morgan fingerprint density at radius 1 is 1.12 bits per heavy atom. The molecule has 43 heavy (non-hydrogen) atoms. The van der Waals surface area contributed by atoms with Gasteiger partial charge in [-0.1, -0.05) is 31.1 Å². The zero-order valence-corrected chi connectivity index (χ0v) is 26.0. The maximum absolute atomic E-state index is 13.6. The topological polar surface area (TPSA) is 153 Å². The standard InChI is InChI=1S/C31H46N6O6/c1-6-25-33-29(43-35-25)36-17-13-21(14-18-36)20(2)15-19-41-23-11-9-22(10-12-23)26(34-30(40)42-31(3,4)5)28(39)37-16-7-8-24(37)27(32)38/h9-12,20-21,24,26H,6-8,13-19H2,1-5H3,(H2,32,38)(H,34,40)/t20?,24?,26-/m0/s1. The van der Waals surface area contributed by atoms with Crippen molar-refractivity contribution in [3.8, 4) is 5.75 Å². The molecule has 0 radical (unpaired) electrons. The highest BCUT2D eigenvalue weighted by atomic mass is 16.6. The number of nitrogens with one attached hydrogen (secondary N) is 1. The van der Waals surface area contributed by atoms with Crippen molar-refractivity contribution in [2.75, 3.05) is 31.1 Å². The Morgan fingerprint density at radius 3 is 2.42 bits per heavy atom. The highest BCUT2D eigenvalue weighted by molar-refractivity contribution is 5.92. The third-order valence-corrected chi connectivity index (χ3v) is 8.22. The number of nitrogens with two attached hydrogens (primary N) is 1. The molecule has 0 aliphatic carbocycles. The number of hydrogen-bond acceptors (Lipinski definition) is 9. The van der Waals surface area contributed by atoms with Crippen molar-refractivity contribution in [2.24, 2.45) is 17.6 Å². The summed E-state index contributed by atoms with van der Waals surface area (Å²) in [4.78, 5) is 46.2. The number of benzene rings is 1. The number of alkyl carbamates (subject to hydrolysis) is 1. The maximum atomic E-state index is 13.6. The fraction of sp³-hybridized carbons (Fsp3) is 0.645. The van der Waals surface area contributed by atoms with Crippen LogP contribution in [0.5, 0.6) is 5.75 Å². The minimum Gasteiger partial charge on any atom is -0.494 e. The van der Waals surface area contributed by atoms with Crippen molar-refractivity contribution in [1.29, 1.82) is 0 Å². The molecule has 3 N–H and O–H groups in total. The third-order valence-electron chi connectivity index (χ3n) is 8.22. The van der Waals surface area contributed by atoms with E-state index in [1.165, 1.54) is 4.90 Å². The zero-order valence-electron chi connectivity index (χ0n) is 26.0. The molecule has 1 aromatic carbocycles. The predicted molar refractivity (Wildman–Crippen MR) is 160 cm³/mol. The second kappa shape index (κ2) is 14.1. The fourth-order valence-corrected chi connectivity index (χ4v) is 5.74. The number of hydrogen-bond donors (Lipinski definition) is 2. The number of carbonyl (C=O) groups excluding carboxylic acids is 3. The first-order valence-corrected chi connectivity index (χ1v) is 15.3. The number of carbonyl (C=O) groups is 3. The SMILES string of the molecule is CCc1noc(N2CCC(C(C)CCOc3ccc([C@H](NC(=O)OC(C)(C)C)C(=O)N4CCCC4C(N)=O)cc3)CC2)n1. The molecule has 3 amide bonds. The quantitative estimate of drug-likeness (QED) is 0.391. The van der Waals surface area contributed by atoms with E-state index in [0.29, 0.717) is 55.2 Å². The van der Waals surface area contributed by atoms with Crippen LogP contribution >= 0.6 is 0 Å². The monoisotopic (exact) mass is 598 g/mol. The highest BCUT2D eigenvalue weighted by Gasteiger charge is 2.38. The number of likely N-dealkylation sites (tertiary alicyclic amines) is 1. The predicted octanol–water partition coefficient (Wildman–Crippen LogP) is 4.00. The van der Waals surface area contributed by atoms with Crippen LogP contribution in [0.3, 0.4) is 0 Å². The van der Waals surface area contributed by atoms with Crippen molar-refractivity contribution in [3.63, 3.8) is 0 Å². The average molecular weight is 599 g/mol. The van der Waals surface area contributed by atoms with Gasteiger partial charge in [-0.15, -0.1) is 0 Å². The lowest BCUT2D eigenvalue weighted by molar-refractivity contribution is -0.139. The van der Waals surface area contributed by atoms with Gasteiger partial charge in [0, 0.05) is 26.1 Å². The number of amides is 3. The molecule has 1 aromatic heterocycles. The summed E-state index contributed by atoms with van der Waals surface area (Å²) in [5.74, 6) is 1.55. The van der Waals surface area contributed by atoms with Crippen LogP contribution in [0.15, 0.2) is 28.8 Å². The summed E-state index contributed by atoms with van der Waals surface area (Å²) in [5, 5.41) is 6.70. The van der Waals surface area contributed by atoms with Gasteiger partial charge in [0.15, 0.2) is 5.82 Å². The number of anilines is 1. The van der Waals surface area contributed by atoms with Crippen molar-refractivity contribution in [3.05, 3.63) is 35.7 Å². The molecule has 2 saturated heterocycles. The third kappa shape index (κ3) is 8.61. The van der Waals surface area contributed by atoms with Crippen LogP contribution in [0, 0.1) is 11.8 Å². The lowest BCUT2D eigenvalue weighted by Gasteiger charge is -2.33. The minimum absolute atomic E-state index is 0.397. The second-order valence-electron chi connectivity index (χ2n) is 12.5. The summed E-state index contributed by atoms with van der Waals surface area (Å²) in [6.45, 7) is 12.3. The van der Waals surface area contributed by atoms with Gasteiger partial charge in [-0.25, -0.2) is 4.79 Å². The van der Waals surface area contributed by atoms with Crippen LogP contribution < -0.4 is 20.7 Å². The van der Waals surface area contributed by atoms with Gasteiger partial charge in [0.1, 0.15) is 23.4 Å². The summed E-state index contributed by atoms with van der Waals surface area (Å²) in [7, 11) is 0. The molecule has 4 rings (SSSR count). The Labute approximate surface area is 253 Å². The highest BCUT2D eigenvalue weighted by Crippen LogP contribution is 2.30. The molecule has 2 fully saturated rings. The fourth-order valence-electron chi connectivity index (χ4n) is 5.74. The first kappa shape index (κ1) is 32.1. The van der Waals surface area contributed by atoms with Gasteiger partial charge in [0.2, 0.25) is 5.91 Å². The molecule has 0 spiro atoms. The summed E-state index contributed by atoms with van der Waals surface area (Å²) < 4.78 is 16.9. The Morgan fingerprint density at radius 2 is 1.81 bits per heavy atom. The molecule has 12 heteroatoms. The molecule has 12 nitrogen and oxygen atoms in total. The van der Waals surface area contributed by atoms with E-state index in [0.717, 1.165) is 44.6 Å². The number of primary amides is 1.